The van der Waals surface area contributed by atoms with Gasteiger partial charge in [-0.25, -0.2) is 13.1 Å². The predicted octanol–water partition coefficient (Wildman–Crippen LogP) is 0.704. The van der Waals surface area contributed by atoms with Crippen LogP contribution in [0.15, 0.2) is 17.2 Å². The summed E-state index contributed by atoms with van der Waals surface area (Å²) in [7, 11) is 1.23. The second-order valence-corrected chi connectivity index (χ2v) is 6.11. The van der Waals surface area contributed by atoms with E-state index in [1.54, 1.807) is 17.7 Å². The lowest BCUT2D eigenvalue weighted by Gasteiger charge is -2.14. The van der Waals surface area contributed by atoms with Crippen molar-refractivity contribution in [2.45, 2.75) is 16.9 Å². The number of alkyl halides is 1. The molecule has 19 heavy (non-hydrogen) atoms. The molecule has 0 bridgehead atoms. The number of methoxy groups -OCH3 is 2. The van der Waals surface area contributed by atoms with Crippen LogP contribution in [0, 0.1) is 0 Å². The molecule has 1 aromatic rings. The molecule has 6 nitrogen and oxygen atoms in total. The van der Waals surface area contributed by atoms with Gasteiger partial charge in [0.05, 0.1) is 23.5 Å². The minimum absolute atomic E-state index is 0.151. The van der Waals surface area contributed by atoms with E-state index in [4.69, 9.17) is 21.1 Å². The Balaban J connectivity index is 2.75. The quantitative estimate of drug-likeness (QED) is 0.718. The number of halogens is 1. The first kappa shape index (κ1) is 16.5. The van der Waals surface area contributed by atoms with Gasteiger partial charge in [-0.15, -0.1) is 11.6 Å². The molecule has 0 fully saturated rings. The first-order valence-electron chi connectivity index (χ1n) is 5.67. The van der Waals surface area contributed by atoms with Crippen molar-refractivity contribution in [1.82, 2.24) is 9.29 Å². The van der Waals surface area contributed by atoms with Crippen LogP contribution in [0.5, 0.6) is 0 Å². The number of ether oxygens (including phenoxy) is 2. The Kier molecular flexibility index (Phi) is 6.28. The molecular formula is C11H19ClN2O4S. The van der Waals surface area contributed by atoms with E-state index in [9.17, 15) is 8.42 Å². The summed E-state index contributed by atoms with van der Waals surface area (Å²) in [5.74, 6) is 0.260. The number of aryl methyl sites for hydroxylation is 1. The highest BCUT2D eigenvalue weighted by molar-refractivity contribution is 7.89. The van der Waals surface area contributed by atoms with E-state index in [1.165, 1.54) is 20.4 Å². The summed E-state index contributed by atoms with van der Waals surface area (Å²) >= 11 is 5.71. The summed E-state index contributed by atoms with van der Waals surface area (Å²) < 4.78 is 38.3. The van der Waals surface area contributed by atoms with Crippen LogP contribution in [-0.4, -0.2) is 46.5 Å². The molecule has 1 N–H and O–H groups in total. The zero-order valence-corrected chi connectivity index (χ0v) is 12.8. The van der Waals surface area contributed by atoms with Gasteiger partial charge in [0, 0.05) is 39.7 Å². The second-order valence-electron chi connectivity index (χ2n) is 4.08. The average Bonchev–Trinajstić information content (AvgIpc) is 2.76. The molecule has 0 spiro atoms. The summed E-state index contributed by atoms with van der Waals surface area (Å²) in [6.07, 6.45) is 1.20. The third kappa shape index (κ3) is 4.47. The number of nitrogens with zero attached hydrogens (tertiary/aromatic N) is 1. The van der Waals surface area contributed by atoms with Gasteiger partial charge in [-0.05, 0) is 6.07 Å². The lowest BCUT2D eigenvalue weighted by atomic mass is 10.4. The molecule has 0 aliphatic rings. The zero-order valence-electron chi connectivity index (χ0n) is 11.2. The van der Waals surface area contributed by atoms with Crippen LogP contribution < -0.4 is 4.72 Å². The first-order valence-corrected chi connectivity index (χ1v) is 7.69. The third-order valence-electron chi connectivity index (χ3n) is 2.72. The molecular weight excluding hydrogens is 292 g/mol. The van der Waals surface area contributed by atoms with E-state index >= 15 is 0 Å². The maximum absolute atomic E-state index is 12.1. The lowest BCUT2D eigenvalue weighted by molar-refractivity contribution is 0.0320. The Morgan fingerprint density at radius 1 is 1.47 bits per heavy atom. The lowest BCUT2D eigenvalue weighted by Crippen LogP contribution is -2.35. The molecule has 1 aromatic heterocycles. The third-order valence-corrected chi connectivity index (χ3v) is 4.38. The molecule has 1 rings (SSSR count). The van der Waals surface area contributed by atoms with Crippen molar-refractivity contribution in [2.24, 2.45) is 7.05 Å². The van der Waals surface area contributed by atoms with Gasteiger partial charge in [-0.3, -0.25) is 0 Å². The highest BCUT2D eigenvalue weighted by atomic mass is 35.5. The van der Waals surface area contributed by atoms with Crippen molar-refractivity contribution in [2.75, 3.05) is 27.4 Å². The maximum Gasteiger partial charge on any atom is 0.242 e. The highest BCUT2D eigenvalue weighted by Gasteiger charge is 2.19. The van der Waals surface area contributed by atoms with E-state index in [-0.39, 0.29) is 23.4 Å². The summed E-state index contributed by atoms with van der Waals surface area (Å²) in [6, 6.07) is 1.55. The molecule has 1 unspecified atom stereocenters. The van der Waals surface area contributed by atoms with E-state index in [2.05, 4.69) is 4.72 Å². The largest absolute Gasteiger partial charge is 0.382 e. The number of aromatic nitrogens is 1. The molecule has 0 aliphatic heterocycles. The van der Waals surface area contributed by atoms with Crippen LogP contribution in [0.1, 0.15) is 5.69 Å². The normalized spacial score (nSPS) is 13.7. The van der Waals surface area contributed by atoms with Crippen molar-refractivity contribution in [3.8, 4) is 0 Å². The van der Waals surface area contributed by atoms with Crippen molar-refractivity contribution < 1.29 is 17.9 Å². The molecule has 0 saturated carbocycles. The Morgan fingerprint density at radius 2 is 2.16 bits per heavy atom. The van der Waals surface area contributed by atoms with E-state index in [1.807, 2.05) is 0 Å². The number of hydrogen-bond acceptors (Lipinski definition) is 4. The monoisotopic (exact) mass is 310 g/mol. The minimum atomic E-state index is -3.56. The molecule has 0 aromatic carbocycles. The van der Waals surface area contributed by atoms with Crippen molar-refractivity contribution in [3.63, 3.8) is 0 Å². The summed E-state index contributed by atoms with van der Waals surface area (Å²) in [5, 5.41) is 0. The molecule has 0 saturated heterocycles. The Morgan fingerprint density at radius 3 is 2.63 bits per heavy atom. The topological polar surface area (TPSA) is 69.6 Å². The van der Waals surface area contributed by atoms with Crippen LogP contribution in [-0.2, 0) is 32.4 Å². The minimum Gasteiger partial charge on any atom is -0.382 e. The molecule has 110 valence electrons. The van der Waals surface area contributed by atoms with E-state index in [0.29, 0.717) is 6.61 Å². The molecule has 1 atom stereocenters. The van der Waals surface area contributed by atoms with Gasteiger partial charge in [0.1, 0.15) is 0 Å². The van der Waals surface area contributed by atoms with Gasteiger partial charge < -0.3 is 14.0 Å². The van der Waals surface area contributed by atoms with E-state index < -0.39 is 10.0 Å². The Bertz CT molecular complexity index is 501. The summed E-state index contributed by atoms with van der Waals surface area (Å²) in [5.41, 5.74) is 0.738. The van der Waals surface area contributed by atoms with Crippen molar-refractivity contribution in [1.29, 1.82) is 0 Å². The van der Waals surface area contributed by atoms with Crippen LogP contribution in [0.25, 0.3) is 0 Å². The fourth-order valence-corrected chi connectivity index (χ4v) is 2.96. The summed E-state index contributed by atoms with van der Waals surface area (Å²) in [6.45, 7) is 0.471. The van der Waals surface area contributed by atoms with Gasteiger partial charge in [0.25, 0.3) is 0 Å². The van der Waals surface area contributed by atoms with Gasteiger partial charge in [0.2, 0.25) is 10.0 Å². The maximum atomic E-state index is 12.1. The molecule has 0 aliphatic carbocycles. The van der Waals surface area contributed by atoms with Crippen LogP contribution in [0.2, 0.25) is 0 Å². The van der Waals surface area contributed by atoms with Gasteiger partial charge in [0.15, 0.2) is 0 Å². The standard InChI is InChI=1S/C11H19ClN2O4S/c1-14-7-11(4-9(14)5-12)19(15,16)13-6-10(18-3)8-17-2/h4,7,10,13H,5-6,8H2,1-3H3. The van der Waals surface area contributed by atoms with Crippen LogP contribution >= 0.6 is 11.6 Å². The molecule has 1 heterocycles. The predicted molar refractivity (Wildman–Crippen MR) is 72.8 cm³/mol. The van der Waals surface area contributed by atoms with Gasteiger partial charge in [-0.2, -0.15) is 0 Å². The first-order chi connectivity index (χ1) is 8.94. The van der Waals surface area contributed by atoms with E-state index in [0.717, 1.165) is 5.69 Å². The van der Waals surface area contributed by atoms with Crippen molar-refractivity contribution in [3.05, 3.63) is 18.0 Å². The highest BCUT2D eigenvalue weighted by Crippen LogP contribution is 2.14. The average molecular weight is 311 g/mol. The number of nitrogens with one attached hydrogen (secondary N) is 1. The SMILES string of the molecule is COCC(CNS(=O)(=O)c1cc(CCl)n(C)c1)OC. The number of rotatable bonds is 8. The fraction of sp³-hybridized carbons (Fsp3) is 0.636. The van der Waals surface area contributed by atoms with Crippen LogP contribution in [0.3, 0.4) is 0 Å². The second kappa shape index (κ2) is 7.25. The number of hydrogen-bond donors (Lipinski definition) is 1. The smallest absolute Gasteiger partial charge is 0.242 e. The molecule has 0 radical (unpaired) electrons. The Labute approximate surface area is 118 Å². The van der Waals surface area contributed by atoms with Crippen molar-refractivity contribution >= 4 is 21.6 Å². The zero-order chi connectivity index (χ0) is 14.5. The Hall–Kier alpha value is -0.600. The fourth-order valence-electron chi connectivity index (χ4n) is 1.54. The summed E-state index contributed by atoms with van der Waals surface area (Å²) in [4.78, 5) is 0.193. The molecule has 0 amide bonds. The van der Waals surface area contributed by atoms with Gasteiger partial charge >= 0.3 is 0 Å². The van der Waals surface area contributed by atoms with Crippen LogP contribution in [0.4, 0.5) is 0 Å². The molecule has 8 heteroatoms. The number of sulfonamides is 1. The van der Waals surface area contributed by atoms with Gasteiger partial charge in [-0.1, -0.05) is 0 Å².